The number of hydrogen-bond acceptors (Lipinski definition) is 5. The first kappa shape index (κ1) is 24.8. The number of aromatic nitrogens is 2. The van der Waals surface area contributed by atoms with Crippen LogP contribution in [-0.2, 0) is 4.79 Å². The van der Waals surface area contributed by atoms with Crippen molar-refractivity contribution in [1.29, 1.82) is 0 Å². The van der Waals surface area contributed by atoms with Crippen LogP contribution in [0.25, 0.3) is 11.3 Å². The number of anilines is 1. The Labute approximate surface area is 214 Å². The van der Waals surface area contributed by atoms with Crippen LogP contribution in [0.15, 0.2) is 60.7 Å². The maximum absolute atomic E-state index is 13.7. The van der Waals surface area contributed by atoms with Gasteiger partial charge in [-0.2, -0.15) is 0 Å². The molecule has 0 spiro atoms. The third-order valence-electron chi connectivity index (χ3n) is 6.82. The van der Waals surface area contributed by atoms with Crippen molar-refractivity contribution < 1.29 is 18.4 Å². The van der Waals surface area contributed by atoms with Gasteiger partial charge in [0.1, 0.15) is 18.2 Å². The zero-order chi connectivity index (χ0) is 25.8. The topological polar surface area (TPSA) is 69.6 Å². The molecule has 3 aromatic rings. The van der Waals surface area contributed by atoms with Crippen molar-refractivity contribution in [3.63, 3.8) is 0 Å². The predicted octanol–water partition coefficient (Wildman–Crippen LogP) is 4.01. The molecule has 0 N–H and O–H groups in total. The lowest BCUT2D eigenvalue weighted by molar-refractivity contribution is -0.131. The number of rotatable bonds is 7. The van der Waals surface area contributed by atoms with Gasteiger partial charge in [-0.15, -0.1) is 10.2 Å². The Hall–Kier alpha value is -3.88. The summed E-state index contributed by atoms with van der Waals surface area (Å²) in [4.78, 5) is 31.7. The number of carbonyl (C=O) groups excluding carboxylic acids is 2. The molecule has 5 rings (SSSR count). The van der Waals surface area contributed by atoms with E-state index in [1.54, 1.807) is 28.0 Å². The molecule has 37 heavy (non-hydrogen) atoms. The Bertz CT molecular complexity index is 1250. The molecule has 1 saturated carbocycles. The minimum atomic E-state index is -0.468. The zero-order valence-corrected chi connectivity index (χ0v) is 20.5. The molecule has 1 saturated heterocycles. The van der Waals surface area contributed by atoms with E-state index in [9.17, 15) is 18.4 Å². The first-order chi connectivity index (χ1) is 18.0. The summed E-state index contributed by atoms with van der Waals surface area (Å²) >= 11 is 0. The summed E-state index contributed by atoms with van der Waals surface area (Å²) in [5, 5.41) is 8.66. The van der Waals surface area contributed by atoms with E-state index in [1.807, 2.05) is 12.1 Å². The Morgan fingerprint density at radius 2 is 1.70 bits per heavy atom. The normalized spacial score (nSPS) is 15.8. The third kappa shape index (κ3) is 6.28. The first-order valence-corrected chi connectivity index (χ1v) is 12.6. The van der Waals surface area contributed by atoms with E-state index in [0.29, 0.717) is 37.8 Å². The Morgan fingerprint density at radius 3 is 2.41 bits per heavy atom. The summed E-state index contributed by atoms with van der Waals surface area (Å²) in [7, 11) is 0. The molecule has 1 aliphatic heterocycles. The van der Waals surface area contributed by atoms with Crippen LogP contribution >= 0.6 is 0 Å². The van der Waals surface area contributed by atoms with Gasteiger partial charge in [0.2, 0.25) is 5.91 Å². The smallest absolute Gasteiger partial charge is 0.254 e. The van der Waals surface area contributed by atoms with Crippen LogP contribution in [0.4, 0.5) is 14.6 Å². The molecule has 7 nitrogen and oxygen atoms in total. The van der Waals surface area contributed by atoms with E-state index in [2.05, 4.69) is 15.1 Å². The predicted molar refractivity (Wildman–Crippen MR) is 136 cm³/mol. The highest BCUT2D eigenvalue weighted by molar-refractivity contribution is 5.96. The van der Waals surface area contributed by atoms with Gasteiger partial charge >= 0.3 is 0 Å². The molecule has 9 heteroatoms. The molecule has 2 fully saturated rings. The molecule has 1 aromatic heterocycles. The molecule has 2 heterocycles. The monoisotopic (exact) mass is 505 g/mol. The van der Waals surface area contributed by atoms with Gasteiger partial charge in [-0.05, 0) is 79.8 Å². The average Bonchev–Trinajstić information content (AvgIpc) is 3.75. The summed E-state index contributed by atoms with van der Waals surface area (Å²) in [6.45, 7) is 2.90. The van der Waals surface area contributed by atoms with Crippen molar-refractivity contribution in [2.45, 2.75) is 19.3 Å². The molecule has 0 unspecified atom stereocenters. The third-order valence-corrected chi connectivity index (χ3v) is 6.82. The Balaban J connectivity index is 1.21. The standard InChI is InChI=1S/C28H29F2N5O2/c29-23-9-7-21(8-10-23)25-11-12-26(32-31-25)33-13-2-14-34(16-15-33)27(36)19-35(18-20-5-6-20)28(37)22-3-1-4-24(30)17-22/h1,3-4,7-12,17,20H,2,5-6,13-16,18-19H2. The molecule has 192 valence electrons. The van der Waals surface area contributed by atoms with Crippen molar-refractivity contribution in [2.75, 3.05) is 44.2 Å². The van der Waals surface area contributed by atoms with E-state index < -0.39 is 5.82 Å². The second kappa shape index (κ2) is 11.0. The largest absolute Gasteiger partial charge is 0.353 e. The Kier molecular flexibility index (Phi) is 7.39. The summed E-state index contributed by atoms with van der Waals surface area (Å²) in [6.07, 6.45) is 2.84. The second-order valence-electron chi connectivity index (χ2n) is 9.64. The van der Waals surface area contributed by atoms with Crippen LogP contribution in [0.5, 0.6) is 0 Å². The summed E-state index contributed by atoms with van der Waals surface area (Å²) in [5.41, 5.74) is 1.71. The van der Waals surface area contributed by atoms with Gasteiger partial charge in [-0.3, -0.25) is 9.59 Å². The molecule has 2 amide bonds. The van der Waals surface area contributed by atoms with Crippen LogP contribution in [0.3, 0.4) is 0 Å². The van der Waals surface area contributed by atoms with Gasteiger partial charge < -0.3 is 14.7 Å². The van der Waals surface area contributed by atoms with Crippen molar-refractivity contribution in [2.24, 2.45) is 5.92 Å². The number of benzene rings is 2. The van der Waals surface area contributed by atoms with Crippen LogP contribution in [0, 0.1) is 17.6 Å². The van der Waals surface area contributed by atoms with Crippen molar-refractivity contribution >= 4 is 17.6 Å². The molecule has 0 bridgehead atoms. The van der Waals surface area contributed by atoms with Crippen molar-refractivity contribution in [3.05, 3.63) is 77.9 Å². The molecule has 0 radical (unpaired) electrons. The van der Waals surface area contributed by atoms with Gasteiger partial charge in [0.25, 0.3) is 5.91 Å². The fraction of sp³-hybridized carbons (Fsp3) is 0.357. The highest BCUT2D eigenvalue weighted by Gasteiger charge is 2.30. The van der Waals surface area contributed by atoms with Gasteiger partial charge in [-0.1, -0.05) is 6.07 Å². The van der Waals surface area contributed by atoms with Crippen LogP contribution in [-0.4, -0.2) is 71.1 Å². The fourth-order valence-electron chi connectivity index (χ4n) is 4.56. The molecule has 2 aliphatic rings. The fourth-order valence-corrected chi connectivity index (χ4v) is 4.56. The number of amides is 2. The van der Waals surface area contributed by atoms with Gasteiger partial charge in [0.15, 0.2) is 5.82 Å². The number of carbonyl (C=O) groups is 2. The van der Waals surface area contributed by atoms with E-state index in [1.165, 1.54) is 30.3 Å². The van der Waals surface area contributed by atoms with Crippen LogP contribution in [0.1, 0.15) is 29.6 Å². The lowest BCUT2D eigenvalue weighted by Crippen LogP contribution is -2.45. The van der Waals surface area contributed by atoms with Crippen molar-refractivity contribution in [3.8, 4) is 11.3 Å². The van der Waals surface area contributed by atoms with E-state index in [0.717, 1.165) is 37.2 Å². The van der Waals surface area contributed by atoms with Gasteiger partial charge in [0, 0.05) is 43.9 Å². The van der Waals surface area contributed by atoms with Gasteiger partial charge in [0.05, 0.1) is 5.69 Å². The number of nitrogens with zero attached hydrogens (tertiary/aromatic N) is 5. The summed E-state index contributed by atoms with van der Waals surface area (Å²) in [6, 6.07) is 15.5. The lowest BCUT2D eigenvalue weighted by atomic mass is 10.1. The highest BCUT2D eigenvalue weighted by Crippen LogP contribution is 2.30. The van der Waals surface area contributed by atoms with Crippen LogP contribution in [0.2, 0.25) is 0 Å². The number of halogens is 2. The second-order valence-corrected chi connectivity index (χ2v) is 9.64. The number of hydrogen-bond donors (Lipinski definition) is 0. The summed E-state index contributed by atoms with van der Waals surface area (Å²) in [5.74, 6) is -0.0631. The molecule has 2 aromatic carbocycles. The maximum Gasteiger partial charge on any atom is 0.254 e. The van der Waals surface area contributed by atoms with Crippen LogP contribution < -0.4 is 4.90 Å². The summed E-state index contributed by atoms with van der Waals surface area (Å²) < 4.78 is 26.9. The molecule has 0 atom stereocenters. The minimum Gasteiger partial charge on any atom is -0.353 e. The van der Waals surface area contributed by atoms with E-state index in [-0.39, 0.29) is 29.7 Å². The average molecular weight is 506 g/mol. The minimum absolute atomic E-state index is 0.0159. The van der Waals surface area contributed by atoms with Crippen molar-refractivity contribution in [1.82, 2.24) is 20.0 Å². The quantitative estimate of drug-likeness (QED) is 0.485. The van der Waals surface area contributed by atoms with Gasteiger partial charge in [-0.25, -0.2) is 8.78 Å². The molecular weight excluding hydrogens is 476 g/mol. The molecular formula is C28H29F2N5O2. The van der Waals surface area contributed by atoms with E-state index in [4.69, 9.17) is 0 Å². The van der Waals surface area contributed by atoms with E-state index >= 15 is 0 Å². The maximum atomic E-state index is 13.7. The zero-order valence-electron chi connectivity index (χ0n) is 20.5. The SMILES string of the molecule is O=C(CN(CC1CC1)C(=O)c1cccc(F)c1)N1CCCN(c2ccc(-c3ccc(F)cc3)nn2)CC1. The highest BCUT2D eigenvalue weighted by atomic mass is 19.1. The first-order valence-electron chi connectivity index (χ1n) is 12.6. The molecule has 1 aliphatic carbocycles. The Morgan fingerprint density at radius 1 is 0.892 bits per heavy atom. The lowest BCUT2D eigenvalue weighted by Gasteiger charge is -2.27.